The van der Waals surface area contributed by atoms with Crippen molar-refractivity contribution in [3.8, 4) is 22.3 Å². The second-order valence-corrected chi connectivity index (χ2v) is 14.3. The van der Waals surface area contributed by atoms with Crippen LogP contribution in [0.2, 0.25) is 0 Å². The van der Waals surface area contributed by atoms with Crippen molar-refractivity contribution in [2.24, 2.45) is 11.8 Å². The first-order valence-corrected chi connectivity index (χ1v) is 16.8. The molecule has 0 aliphatic heterocycles. The van der Waals surface area contributed by atoms with Crippen LogP contribution in [0.5, 0.6) is 0 Å². The van der Waals surface area contributed by atoms with Crippen molar-refractivity contribution in [3.63, 3.8) is 0 Å². The van der Waals surface area contributed by atoms with Gasteiger partial charge in [-0.25, -0.2) is 0 Å². The number of anilines is 3. The summed E-state index contributed by atoms with van der Waals surface area (Å²) in [4.78, 5) is 2.41. The van der Waals surface area contributed by atoms with Gasteiger partial charge in [-0.2, -0.15) is 0 Å². The number of fused-ring (bicyclic) bond motifs is 5. The van der Waals surface area contributed by atoms with E-state index >= 15 is 0 Å². The molecule has 3 aliphatic rings. The van der Waals surface area contributed by atoms with Crippen LogP contribution in [0.3, 0.4) is 0 Å². The van der Waals surface area contributed by atoms with Crippen molar-refractivity contribution < 1.29 is 0 Å². The van der Waals surface area contributed by atoms with Crippen molar-refractivity contribution in [2.75, 3.05) is 4.90 Å². The van der Waals surface area contributed by atoms with E-state index in [2.05, 4.69) is 147 Å². The molecule has 0 spiro atoms. The van der Waals surface area contributed by atoms with Gasteiger partial charge in [0.2, 0.25) is 0 Å². The van der Waals surface area contributed by atoms with Crippen molar-refractivity contribution in [1.82, 2.24) is 0 Å². The van der Waals surface area contributed by atoms with Crippen LogP contribution in [0.4, 0.5) is 17.1 Å². The van der Waals surface area contributed by atoms with Crippen LogP contribution in [0.1, 0.15) is 76.0 Å². The zero-order valence-corrected chi connectivity index (χ0v) is 26.4. The number of para-hydroxylation sites is 1. The molecule has 220 valence electrons. The minimum Gasteiger partial charge on any atom is -0.310 e. The fourth-order valence-electron chi connectivity index (χ4n) is 9.07. The number of hydrogen-bond acceptors (Lipinski definition) is 1. The van der Waals surface area contributed by atoms with Gasteiger partial charge in [0.1, 0.15) is 0 Å². The molecule has 3 unspecified atom stereocenters. The maximum absolute atomic E-state index is 2.63. The molecule has 44 heavy (non-hydrogen) atoms. The molecule has 2 saturated carbocycles. The van der Waals surface area contributed by atoms with E-state index in [-0.39, 0.29) is 5.41 Å². The molecule has 3 atom stereocenters. The number of benzene rings is 5. The lowest BCUT2D eigenvalue weighted by Gasteiger charge is -2.39. The van der Waals surface area contributed by atoms with Crippen LogP contribution in [-0.2, 0) is 10.8 Å². The van der Waals surface area contributed by atoms with Crippen molar-refractivity contribution >= 4 is 17.1 Å². The maximum Gasteiger partial charge on any atom is 0.0465 e. The Balaban J connectivity index is 1.18. The maximum atomic E-state index is 2.63. The topological polar surface area (TPSA) is 3.24 Å². The van der Waals surface area contributed by atoms with Gasteiger partial charge in [0.15, 0.2) is 0 Å². The monoisotopic (exact) mass is 573 g/mol. The Morgan fingerprint density at radius 1 is 0.636 bits per heavy atom. The third kappa shape index (κ3) is 4.43. The zero-order valence-electron chi connectivity index (χ0n) is 26.4. The van der Waals surface area contributed by atoms with Crippen molar-refractivity contribution in [2.45, 2.75) is 70.1 Å². The predicted molar refractivity (Wildman–Crippen MR) is 186 cm³/mol. The summed E-state index contributed by atoms with van der Waals surface area (Å²) < 4.78 is 0. The Bertz CT molecular complexity index is 1800. The highest BCUT2D eigenvalue weighted by molar-refractivity contribution is 5.86. The van der Waals surface area contributed by atoms with Gasteiger partial charge in [-0.15, -0.1) is 0 Å². The minimum atomic E-state index is -0.0519. The largest absolute Gasteiger partial charge is 0.310 e. The molecule has 2 bridgehead atoms. The highest BCUT2D eigenvalue weighted by Crippen LogP contribution is 2.57. The molecule has 8 rings (SSSR count). The summed E-state index contributed by atoms with van der Waals surface area (Å²) in [6.07, 6.45) is 8.35. The molecule has 0 amide bonds. The number of rotatable bonds is 6. The fourth-order valence-corrected chi connectivity index (χ4v) is 9.07. The van der Waals surface area contributed by atoms with E-state index in [1.165, 1.54) is 89.0 Å². The smallest absolute Gasteiger partial charge is 0.0465 e. The first-order chi connectivity index (χ1) is 21.4. The fraction of sp³-hybridized carbons (Fsp3) is 0.302. The van der Waals surface area contributed by atoms with Gasteiger partial charge in [0.05, 0.1) is 0 Å². The van der Waals surface area contributed by atoms with Gasteiger partial charge >= 0.3 is 0 Å². The molecule has 0 aromatic heterocycles. The molecule has 5 aromatic carbocycles. The van der Waals surface area contributed by atoms with Crippen LogP contribution in [0, 0.1) is 11.8 Å². The summed E-state index contributed by atoms with van der Waals surface area (Å²) in [6.45, 7) is 7.29. The van der Waals surface area contributed by atoms with Crippen molar-refractivity contribution in [3.05, 3.63) is 138 Å². The average molecular weight is 574 g/mol. The van der Waals surface area contributed by atoms with Gasteiger partial charge in [0, 0.05) is 22.5 Å². The third-order valence-electron chi connectivity index (χ3n) is 11.4. The summed E-state index contributed by atoms with van der Waals surface area (Å²) >= 11 is 0. The SMILES string of the molecule is CCC1CC2CCC(c3ccc4c(c3)C(C)(C)c3cc(N(c5ccccc5)c5ccc(-c6ccccc6)cc5)ccc3-4)(C1)C2. The molecule has 0 heterocycles. The minimum absolute atomic E-state index is 0.0519. The molecule has 5 aromatic rings. The second kappa shape index (κ2) is 10.5. The van der Waals surface area contributed by atoms with E-state index in [0.29, 0.717) is 5.41 Å². The van der Waals surface area contributed by atoms with Gasteiger partial charge in [0.25, 0.3) is 0 Å². The molecule has 1 nitrogen and oxygen atoms in total. The molecule has 0 saturated heterocycles. The Hall–Kier alpha value is -4.10. The van der Waals surface area contributed by atoms with Crippen LogP contribution in [0.25, 0.3) is 22.3 Å². The quantitative estimate of drug-likeness (QED) is 0.195. The Labute approximate surface area is 263 Å². The van der Waals surface area contributed by atoms with E-state index in [9.17, 15) is 0 Å². The summed E-state index contributed by atoms with van der Waals surface area (Å²) in [5.74, 6) is 1.82. The first-order valence-electron chi connectivity index (χ1n) is 16.8. The van der Waals surface area contributed by atoms with Gasteiger partial charge in [-0.05, 0) is 125 Å². The predicted octanol–water partition coefficient (Wildman–Crippen LogP) is 12.0. The summed E-state index contributed by atoms with van der Waals surface area (Å²) in [6, 6.07) is 45.2. The van der Waals surface area contributed by atoms with Gasteiger partial charge < -0.3 is 4.90 Å². The summed E-state index contributed by atoms with van der Waals surface area (Å²) in [5.41, 5.74) is 13.7. The Kier molecular flexibility index (Phi) is 6.56. The molecule has 1 heteroatoms. The molecule has 0 radical (unpaired) electrons. The zero-order chi connectivity index (χ0) is 29.9. The molecular weight excluding hydrogens is 530 g/mol. The van der Waals surface area contributed by atoms with Crippen molar-refractivity contribution in [1.29, 1.82) is 0 Å². The van der Waals surface area contributed by atoms with Gasteiger partial charge in [-0.1, -0.05) is 112 Å². The third-order valence-corrected chi connectivity index (χ3v) is 11.4. The van der Waals surface area contributed by atoms with E-state index < -0.39 is 0 Å². The van der Waals surface area contributed by atoms with E-state index in [4.69, 9.17) is 0 Å². The van der Waals surface area contributed by atoms with Crippen LogP contribution in [-0.4, -0.2) is 0 Å². The Morgan fingerprint density at radius 3 is 1.98 bits per heavy atom. The standard InChI is InChI=1S/C43H43N/c1-4-30-25-31-23-24-43(28-30,29-31)34-17-21-38-39-22-20-37(27-41(39)42(2,3)40(38)26-34)44(35-13-9-6-10-14-35)36-18-15-33(16-19-36)32-11-7-5-8-12-32/h5-22,26-27,30-31H,4,23-25,28-29H2,1-3H3. The van der Waals surface area contributed by atoms with Crippen LogP contribution >= 0.6 is 0 Å². The molecule has 2 fully saturated rings. The van der Waals surface area contributed by atoms with Gasteiger partial charge in [-0.3, -0.25) is 0 Å². The van der Waals surface area contributed by atoms with Crippen LogP contribution < -0.4 is 4.90 Å². The lowest BCUT2D eigenvalue weighted by Crippen LogP contribution is -2.31. The highest BCUT2D eigenvalue weighted by Gasteiger charge is 2.47. The average Bonchev–Trinajstić information content (AvgIpc) is 3.51. The van der Waals surface area contributed by atoms with Crippen LogP contribution in [0.15, 0.2) is 121 Å². The first kappa shape index (κ1) is 27.4. The van der Waals surface area contributed by atoms with E-state index in [1.54, 1.807) is 5.56 Å². The normalized spacial score (nSPS) is 22.8. The second-order valence-electron chi connectivity index (χ2n) is 14.3. The Morgan fingerprint density at radius 2 is 1.25 bits per heavy atom. The number of hydrogen-bond donors (Lipinski definition) is 0. The van der Waals surface area contributed by atoms with E-state index in [0.717, 1.165) is 11.8 Å². The lowest BCUT2D eigenvalue weighted by atomic mass is 9.66. The number of nitrogens with zero attached hydrogens (tertiary/aromatic N) is 1. The molecule has 3 aliphatic carbocycles. The lowest BCUT2D eigenvalue weighted by molar-refractivity contribution is 0.219. The summed E-state index contributed by atoms with van der Waals surface area (Å²) in [5, 5.41) is 0. The summed E-state index contributed by atoms with van der Waals surface area (Å²) in [7, 11) is 0. The highest BCUT2D eigenvalue weighted by atomic mass is 15.1. The molecule has 0 N–H and O–H groups in total. The molecular formula is C43H43N. The van der Waals surface area contributed by atoms with E-state index in [1.807, 2.05) is 0 Å².